The van der Waals surface area contributed by atoms with Gasteiger partial charge in [-0.3, -0.25) is 0 Å². The molecular weight excluding hydrogens is 244 g/mol. The zero-order chi connectivity index (χ0) is 13.4. The summed E-state index contributed by atoms with van der Waals surface area (Å²) >= 11 is 0. The van der Waals surface area contributed by atoms with E-state index in [9.17, 15) is 8.78 Å². The summed E-state index contributed by atoms with van der Waals surface area (Å²) in [7, 11) is 0. The molecule has 2 fully saturated rings. The molecule has 0 aromatic heterocycles. The second kappa shape index (κ2) is 5.20. The second-order valence-electron chi connectivity index (χ2n) is 6.10. The quantitative estimate of drug-likeness (QED) is 0.880. The molecule has 1 saturated carbocycles. The fourth-order valence-electron chi connectivity index (χ4n) is 3.81. The van der Waals surface area contributed by atoms with Crippen LogP contribution in [0.15, 0.2) is 12.1 Å². The van der Waals surface area contributed by atoms with Gasteiger partial charge in [0.2, 0.25) is 0 Å². The van der Waals surface area contributed by atoms with Crippen LogP contribution in [0, 0.1) is 30.4 Å². The molecule has 1 aliphatic carbocycles. The van der Waals surface area contributed by atoms with Gasteiger partial charge in [-0.2, -0.15) is 0 Å². The van der Waals surface area contributed by atoms with E-state index >= 15 is 0 Å². The van der Waals surface area contributed by atoms with E-state index in [2.05, 4.69) is 5.32 Å². The van der Waals surface area contributed by atoms with E-state index in [1.165, 1.54) is 31.4 Å². The van der Waals surface area contributed by atoms with Gasteiger partial charge in [-0.15, -0.1) is 0 Å². The maximum Gasteiger partial charge on any atom is 0.126 e. The molecule has 104 valence electrons. The smallest absolute Gasteiger partial charge is 0.126 e. The molecule has 1 N–H and O–H groups in total. The SMILES string of the molecule is Cc1cc(F)c(CCC2NCC3CCCC32)cc1F. The molecule has 3 heteroatoms. The average molecular weight is 265 g/mol. The lowest BCUT2D eigenvalue weighted by Crippen LogP contribution is -2.27. The van der Waals surface area contributed by atoms with Gasteiger partial charge in [0.1, 0.15) is 11.6 Å². The number of rotatable bonds is 3. The largest absolute Gasteiger partial charge is 0.313 e. The van der Waals surface area contributed by atoms with Gasteiger partial charge in [0, 0.05) is 6.04 Å². The minimum absolute atomic E-state index is 0.264. The van der Waals surface area contributed by atoms with Crippen LogP contribution in [0.5, 0.6) is 0 Å². The van der Waals surface area contributed by atoms with Crippen molar-refractivity contribution in [3.63, 3.8) is 0 Å². The number of fused-ring (bicyclic) bond motifs is 1. The molecule has 0 radical (unpaired) electrons. The van der Waals surface area contributed by atoms with Gasteiger partial charge < -0.3 is 5.32 Å². The normalized spacial score (nSPS) is 29.7. The number of halogens is 2. The molecule has 1 aromatic rings. The minimum atomic E-state index is -0.297. The minimum Gasteiger partial charge on any atom is -0.313 e. The van der Waals surface area contributed by atoms with E-state index < -0.39 is 0 Å². The van der Waals surface area contributed by atoms with Crippen molar-refractivity contribution in [1.82, 2.24) is 5.32 Å². The van der Waals surface area contributed by atoms with Gasteiger partial charge in [0.15, 0.2) is 0 Å². The molecule has 3 rings (SSSR count). The lowest BCUT2D eigenvalue weighted by molar-refractivity contribution is 0.391. The third-order valence-corrected chi connectivity index (χ3v) is 4.93. The first-order valence-corrected chi connectivity index (χ1v) is 7.33. The summed E-state index contributed by atoms with van der Waals surface area (Å²) in [6.45, 7) is 2.71. The molecule has 1 saturated heterocycles. The average Bonchev–Trinajstić information content (AvgIpc) is 2.95. The van der Waals surface area contributed by atoms with E-state index in [1.54, 1.807) is 6.92 Å². The Morgan fingerprint density at radius 3 is 2.89 bits per heavy atom. The molecule has 2 aliphatic rings. The van der Waals surface area contributed by atoms with Crippen LogP contribution in [-0.4, -0.2) is 12.6 Å². The van der Waals surface area contributed by atoms with Crippen molar-refractivity contribution in [2.45, 2.75) is 45.1 Å². The van der Waals surface area contributed by atoms with E-state index in [0.717, 1.165) is 24.8 Å². The summed E-state index contributed by atoms with van der Waals surface area (Å²) in [4.78, 5) is 0. The number of nitrogens with one attached hydrogen (secondary N) is 1. The summed E-state index contributed by atoms with van der Waals surface area (Å²) in [6.07, 6.45) is 5.51. The molecule has 0 amide bonds. The lowest BCUT2D eigenvalue weighted by atomic mass is 9.90. The van der Waals surface area contributed by atoms with E-state index in [0.29, 0.717) is 23.6 Å². The summed E-state index contributed by atoms with van der Waals surface area (Å²) in [5.74, 6) is 1.03. The van der Waals surface area contributed by atoms with Gasteiger partial charge in [0.25, 0.3) is 0 Å². The maximum absolute atomic E-state index is 13.8. The summed E-state index contributed by atoms with van der Waals surface area (Å²) in [5, 5.41) is 3.56. The zero-order valence-electron chi connectivity index (χ0n) is 11.4. The van der Waals surface area contributed by atoms with Gasteiger partial charge in [0.05, 0.1) is 0 Å². The number of hydrogen-bond donors (Lipinski definition) is 1. The predicted octanol–water partition coefficient (Wildman–Crippen LogP) is 3.59. The molecule has 1 heterocycles. The van der Waals surface area contributed by atoms with Gasteiger partial charge in [-0.25, -0.2) is 8.78 Å². The van der Waals surface area contributed by atoms with Gasteiger partial charge in [-0.1, -0.05) is 6.42 Å². The molecular formula is C16H21F2N. The lowest BCUT2D eigenvalue weighted by Gasteiger charge is -2.18. The van der Waals surface area contributed by atoms with Crippen molar-refractivity contribution >= 4 is 0 Å². The first-order chi connectivity index (χ1) is 9.15. The Morgan fingerprint density at radius 1 is 1.21 bits per heavy atom. The highest BCUT2D eigenvalue weighted by Gasteiger charge is 2.38. The van der Waals surface area contributed by atoms with Gasteiger partial charge in [-0.05, 0) is 74.2 Å². The topological polar surface area (TPSA) is 12.0 Å². The van der Waals surface area contributed by atoms with E-state index in [4.69, 9.17) is 0 Å². The molecule has 1 aromatic carbocycles. The first kappa shape index (κ1) is 13.0. The van der Waals surface area contributed by atoms with Crippen LogP contribution in [-0.2, 0) is 6.42 Å². The van der Waals surface area contributed by atoms with Crippen LogP contribution in [0.1, 0.15) is 36.8 Å². The Labute approximate surface area is 113 Å². The van der Waals surface area contributed by atoms with Crippen molar-refractivity contribution in [1.29, 1.82) is 0 Å². The fourth-order valence-corrected chi connectivity index (χ4v) is 3.81. The van der Waals surface area contributed by atoms with Crippen LogP contribution in [0.3, 0.4) is 0 Å². The van der Waals surface area contributed by atoms with Crippen LogP contribution >= 0.6 is 0 Å². The predicted molar refractivity (Wildman–Crippen MR) is 72.0 cm³/mol. The van der Waals surface area contributed by atoms with Crippen molar-refractivity contribution < 1.29 is 8.78 Å². The fraction of sp³-hybridized carbons (Fsp3) is 0.625. The van der Waals surface area contributed by atoms with Crippen molar-refractivity contribution in [3.05, 3.63) is 34.9 Å². The molecule has 1 nitrogen and oxygen atoms in total. The van der Waals surface area contributed by atoms with Gasteiger partial charge >= 0.3 is 0 Å². The van der Waals surface area contributed by atoms with Crippen molar-refractivity contribution in [2.75, 3.05) is 6.54 Å². The number of hydrogen-bond acceptors (Lipinski definition) is 1. The summed E-state index contributed by atoms with van der Waals surface area (Å²) in [5.41, 5.74) is 0.905. The highest BCUT2D eigenvalue weighted by Crippen LogP contribution is 2.39. The molecule has 3 atom stereocenters. The standard InChI is InChI=1S/C16H21F2N/c1-10-7-15(18)11(8-14(10)17)5-6-16-13-4-2-3-12(13)9-19-16/h7-8,12-13,16,19H,2-6,9H2,1H3. The third kappa shape index (κ3) is 2.53. The van der Waals surface area contributed by atoms with Crippen LogP contribution < -0.4 is 5.32 Å². The Balaban J connectivity index is 1.65. The van der Waals surface area contributed by atoms with E-state index in [-0.39, 0.29) is 11.6 Å². The molecule has 1 aliphatic heterocycles. The maximum atomic E-state index is 13.8. The Hall–Kier alpha value is -0.960. The Bertz CT molecular complexity index is 472. The van der Waals surface area contributed by atoms with Crippen LogP contribution in [0.4, 0.5) is 8.78 Å². The zero-order valence-corrected chi connectivity index (χ0v) is 11.4. The second-order valence-corrected chi connectivity index (χ2v) is 6.10. The van der Waals surface area contributed by atoms with Crippen molar-refractivity contribution in [3.8, 4) is 0 Å². The molecule has 0 bridgehead atoms. The molecule has 19 heavy (non-hydrogen) atoms. The highest BCUT2D eigenvalue weighted by molar-refractivity contribution is 5.25. The van der Waals surface area contributed by atoms with Crippen LogP contribution in [0.25, 0.3) is 0 Å². The molecule has 0 spiro atoms. The monoisotopic (exact) mass is 265 g/mol. The summed E-state index contributed by atoms with van der Waals surface area (Å²) in [6, 6.07) is 3.17. The summed E-state index contributed by atoms with van der Waals surface area (Å²) < 4.78 is 27.3. The van der Waals surface area contributed by atoms with Crippen LogP contribution in [0.2, 0.25) is 0 Å². The van der Waals surface area contributed by atoms with Crippen molar-refractivity contribution in [2.24, 2.45) is 11.8 Å². The Kier molecular flexibility index (Phi) is 3.57. The number of benzene rings is 1. The first-order valence-electron chi connectivity index (χ1n) is 7.33. The third-order valence-electron chi connectivity index (χ3n) is 4.93. The highest BCUT2D eigenvalue weighted by atomic mass is 19.1. The van der Waals surface area contributed by atoms with E-state index in [1.807, 2.05) is 0 Å². The number of aryl methyl sites for hydroxylation is 2. The Morgan fingerprint density at radius 2 is 2.05 bits per heavy atom. The molecule has 3 unspecified atom stereocenters.